The third-order valence-electron chi connectivity index (χ3n) is 2.35. The molecular weight excluding hydrogens is 323 g/mol. The van der Waals surface area contributed by atoms with Crippen molar-refractivity contribution >= 4 is 40.7 Å². The topological polar surface area (TPSA) is 62.1 Å². The van der Waals surface area contributed by atoms with Crippen LogP contribution < -0.4 is 10.1 Å². The minimum Gasteiger partial charge on any atom is -0.479 e. The van der Waals surface area contributed by atoms with E-state index >= 15 is 0 Å². The highest BCUT2D eigenvalue weighted by atomic mass is 35.5. The van der Waals surface area contributed by atoms with Gasteiger partial charge in [0.25, 0.3) is 5.91 Å². The number of nitrogens with zero attached hydrogens (tertiary/aromatic N) is 1. The average molecular weight is 336 g/mol. The van der Waals surface area contributed by atoms with Gasteiger partial charge < -0.3 is 10.1 Å². The summed E-state index contributed by atoms with van der Waals surface area (Å²) >= 11 is 17.7. The van der Waals surface area contributed by atoms with Crippen LogP contribution in [0.5, 0.6) is 5.75 Å². The third kappa shape index (κ3) is 4.45. The van der Waals surface area contributed by atoms with Gasteiger partial charge in [-0.15, -0.1) is 0 Å². The first-order valence-electron chi connectivity index (χ1n) is 5.71. The second kappa shape index (κ2) is 6.53. The van der Waals surface area contributed by atoms with Crippen LogP contribution in [0.4, 0.5) is 0 Å². The normalized spacial score (nSPS) is 12.4. The average Bonchev–Trinajstić information content (AvgIpc) is 2.34. The fourth-order valence-electron chi connectivity index (χ4n) is 1.30. The Balaban J connectivity index is 2.84. The van der Waals surface area contributed by atoms with E-state index in [0.29, 0.717) is 5.02 Å². The van der Waals surface area contributed by atoms with Gasteiger partial charge in [0.2, 0.25) is 0 Å². The van der Waals surface area contributed by atoms with Crippen LogP contribution in [-0.4, -0.2) is 17.6 Å². The van der Waals surface area contributed by atoms with Gasteiger partial charge in [-0.05, 0) is 26.8 Å². The minimum atomic E-state index is -0.982. The molecule has 0 saturated heterocycles. The van der Waals surface area contributed by atoms with E-state index in [1.54, 1.807) is 13.8 Å². The molecule has 0 aromatic heterocycles. The molecule has 0 heterocycles. The van der Waals surface area contributed by atoms with Crippen LogP contribution >= 0.6 is 34.8 Å². The molecule has 4 nitrogen and oxygen atoms in total. The van der Waals surface area contributed by atoms with Gasteiger partial charge in [0.1, 0.15) is 16.3 Å². The van der Waals surface area contributed by atoms with E-state index in [0.717, 1.165) is 0 Å². The van der Waals surface area contributed by atoms with Crippen molar-refractivity contribution in [3.63, 3.8) is 0 Å². The molecular formula is C13H13Cl3N2O2. The van der Waals surface area contributed by atoms with Crippen LogP contribution in [0, 0.1) is 11.3 Å². The van der Waals surface area contributed by atoms with Crippen molar-refractivity contribution in [2.45, 2.75) is 32.4 Å². The van der Waals surface area contributed by atoms with Crippen molar-refractivity contribution in [1.82, 2.24) is 5.32 Å². The molecule has 20 heavy (non-hydrogen) atoms. The van der Waals surface area contributed by atoms with Crippen LogP contribution in [0.25, 0.3) is 0 Å². The molecule has 0 aliphatic heterocycles. The molecule has 1 rings (SSSR count). The summed E-state index contributed by atoms with van der Waals surface area (Å²) in [6.45, 7) is 4.70. The lowest BCUT2D eigenvalue weighted by molar-refractivity contribution is -0.128. The number of amides is 1. The summed E-state index contributed by atoms with van der Waals surface area (Å²) in [5.41, 5.74) is -0.982. The van der Waals surface area contributed by atoms with Gasteiger partial charge in [-0.25, -0.2) is 0 Å². The van der Waals surface area contributed by atoms with Crippen molar-refractivity contribution in [1.29, 1.82) is 5.26 Å². The molecule has 0 fully saturated rings. The van der Waals surface area contributed by atoms with E-state index in [1.807, 2.05) is 6.07 Å². The summed E-state index contributed by atoms with van der Waals surface area (Å²) in [6.07, 6.45) is -0.852. The van der Waals surface area contributed by atoms with Crippen molar-refractivity contribution in [2.75, 3.05) is 0 Å². The summed E-state index contributed by atoms with van der Waals surface area (Å²) in [6, 6.07) is 4.91. The molecule has 1 aromatic carbocycles. The number of benzene rings is 1. The summed E-state index contributed by atoms with van der Waals surface area (Å²) in [4.78, 5) is 11.9. The van der Waals surface area contributed by atoms with E-state index in [9.17, 15) is 4.79 Å². The molecule has 0 saturated carbocycles. The number of nitrogens with one attached hydrogen (secondary N) is 1. The maximum atomic E-state index is 11.9. The number of ether oxygens (including phenoxy) is 1. The number of nitriles is 1. The number of rotatable bonds is 4. The van der Waals surface area contributed by atoms with Gasteiger partial charge >= 0.3 is 0 Å². The van der Waals surface area contributed by atoms with Crippen LogP contribution in [-0.2, 0) is 4.79 Å². The quantitative estimate of drug-likeness (QED) is 0.851. The molecule has 1 aromatic rings. The fourth-order valence-corrected chi connectivity index (χ4v) is 1.93. The van der Waals surface area contributed by atoms with E-state index in [2.05, 4.69) is 5.32 Å². The Morgan fingerprint density at radius 1 is 1.40 bits per heavy atom. The molecule has 1 atom stereocenters. The number of halogens is 3. The molecule has 108 valence electrons. The monoisotopic (exact) mass is 334 g/mol. The first kappa shape index (κ1) is 16.9. The number of carbonyl (C=O) groups is 1. The standard InChI is InChI=1S/C13H13Cl3N2O2/c1-7(12(19)18-13(2,3)6-17)20-10-5-8(14)4-9(15)11(10)16/h4-5,7H,1-3H3,(H,18,19). The molecule has 0 aliphatic rings. The van der Waals surface area contributed by atoms with E-state index in [-0.39, 0.29) is 15.8 Å². The van der Waals surface area contributed by atoms with E-state index in [1.165, 1.54) is 19.1 Å². The van der Waals surface area contributed by atoms with Crippen LogP contribution in [0.3, 0.4) is 0 Å². The van der Waals surface area contributed by atoms with Gasteiger partial charge in [0.05, 0.1) is 11.1 Å². The second-order valence-corrected chi connectivity index (χ2v) is 5.91. The summed E-state index contributed by atoms with van der Waals surface area (Å²) in [7, 11) is 0. The third-order valence-corrected chi connectivity index (χ3v) is 3.35. The zero-order chi connectivity index (χ0) is 15.5. The Hall–Kier alpha value is -1.15. The van der Waals surface area contributed by atoms with Crippen molar-refractivity contribution in [3.8, 4) is 11.8 Å². The Kier molecular flexibility index (Phi) is 5.52. The first-order chi connectivity index (χ1) is 9.16. The van der Waals surface area contributed by atoms with E-state index in [4.69, 9.17) is 44.8 Å². The van der Waals surface area contributed by atoms with Gasteiger partial charge in [0.15, 0.2) is 6.10 Å². The second-order valence-electron chi connectivity index (χ2n) is 4.69. The lowest BCUT2D eigenvalue weighted by Gasteiger charge is -2.21. The smallest absolute Gasteiger partial charge is 0.262 e. The molecule has 7 heteroatoms. The summed E-state index contributed by atoms with van der Waals surface area (Å²) in [5.74, 6) is -0.231. The molecule has 1 unspecified atom stereocenters. The number of carbonyl (C=O) groups excluding carboxylic acids is 1. The van der Waals surface area contributed by atoms with Crippen LogP contribution in [0.2, 0.25) is 15.1 Å². The Morgan fingerprint density at radius 3 is 2.55 bits per heavy atom. The highest BCUT2D eigenvalue weighted by molar-refractivity contribution is 6.44. The van der Waals surface area contributed by atoms with Crippen molar-refractivity contribution in [2.24, 2.45) is 0 Å². The van der Waals surface area contributed by atoms with Gasteiger partial charge in [0, 0.05) is 11.1 Å². The van der Waals surface area contributed by atoms with Crippen LogP contribution in [0.1, 0.15) is 20.8 Å². The first-order valence-corrected chi connectivity index (χ1v) is 6.84. The lowest BCUT2D eigenvalue weighted by atomic mass is 10.1. The molecule has 0 bridgehead atoms. The summed E-state index contributed by atoms with van der Waals surface area (Å²) < 4.78 is 5.44. The molecule has 0 spiro atoms. The molecule has 1 amide bonds. The van der Waals surface area contributed by atoms with E-state index < -0.39 is 17.6 Å². The van der Waals surface area contributed by atoms with Gasteiger partial charge in [-0.3, -0.25) is 4.79 Å². The fraction of sp³-hybridized carbons (Fsp3) is 0.385. The predicted octanol–water partition coefficient (Wildman–Crippen LogP) is 3.83. The predicted molar refractivity (Wildman–Crippen MR) is 79.4 cm³/mol. The maximum Gasteiger partial charge on any atom is 0.262 e. The van der Waals surface area contributed by atoms with Gasteiger partial charge in [-0.2, -0.15) is 5.26 Å². The summed E-state index contributed by atoms with van der Waals surface area (Å²) in [5, 5.41) is 12.2. The Labute approximate surface area is 132 Å². The molecule has 0 radical (unpaired) electrons. The highest BCUT2D eigenvalue weighted by Crippen LogP contribution is 2.35. The SMILES string of the molecule is CC(Oc1cc(Cl)cc(Cl)c1Cl)C(=O)NC(C)(C)C#N. The van der Waals surface area contributed by atoms with Gasteiger partial charge in [-0.1, -0.05) is 34.8 Å². The highest BCUT2D eigenvalue weighted by Gasteiger charge is 2.24. The number of hydrogen-bond acceptors (Lipinski definition) is 3. The maximum absolute atomic E-state index is 11.9. The molecule has 0 aliphatic carbocycles. The zero-order valence-corrected chi connectivity index (χ0v) is 13.4. The minimum absolute atomic E-state index is 0.176. The lowest BCUT2D eigenvalue weighted by Crippen LogP contribution is -2.47. The van der Waals surface area contributed by atoms with Crippen molar-refractivity contribution < 1.29 is 9.53 Å². The number of hydrogen-bond donors (Lipinski definition) is 1. The van der Waals surface area contributed by atoms with Crippen LogP contribution in [0.15, 0.2) is 12.1 Å². The van der Waals surface area contributed by atoms with Crippen molar-refractivity contribution in [3.05, 3.63) is 27.2 Å². The zero-order valence-electron chi connectivity index (χ0n) is 11.1. The Morgan fingerprint density at radius 2 is 2.00 bits per heavy atom. The molecule has 1 N–H and O–H groups in total. The Bertz CT molecular complexity index is 567. The largest absolute Gasteiger partial charge is 0.479 e.